The molecule has 0 aliphatic rings. The molecule has 0 radical (unpaired) electrons. The van der Waals surface area contributed by atoms with Gasteiger partial charge in [0.1, 0.15) is 0 Å². The zero-order valence-corrected chi connectivity index (χ0v) is 11.9. The summed E-state index contributed by atoms with van der Waals surface area (Å²) in [5.74, 6) is 0. The number of hydrogen-bond acceptors (Lipinski definition) is 5. The van der Waals surface area contributed by atoms with Crippen LogP contribution >= 0.6 is 0 Å². The molecule has 1 aromatic heterocycles. The molecule has 0 aliphatic carbocycles. The van der Waals surface area contributed by atoms with Gasteiger partial charge in [0.15, 0.2) is 0 Å². The average molecular weight is 269 g/mol. The molecule has 0 saturated carbocycles. The molecule has 0 fully saturated rings. The molecule has 1 heterocycles. The number of nitrogens with zero attached hydrogens (tertiary/aromatic N) is 1. The van der Waals surface area contributed by atoms with Gasteiger partial charge in [0.25, 0.3) is 0 Å². The van der Waals surface area contributed by atoms with Crippen molar-refractivity contribution in [2.45, 2.75) is 38.9 Å². The number of aliphatic hydroxyl groups is 1. The van der Waals surface area contributed by atoms with Gasteiger partial charge in [0.05, 0.1) is 18.3 Å². The van der Waals surface area contributed by atoms with Gasteiger partial charge in [0, 0.05) is 17.9 Å². The van der Waals surface area contributed by atoms with E-state index in [1.54, 1.807) is 33.8 Å². The maximum atomic E-state index is 11.3. The van der Waals surface area contributed by atoms with Crippen LogP contribution in [0.4, 0.5) is 4.79 Å². The highest BCUT2D eigenvalue weighted by atomic mass is 16.6. The van der Waals surface area contributed by atoms with E-state index in [2.05, 4.69) is 4.74 Å². The number of methoxy groups -OCH3 is 1. The molecular formula is C12H20BNO5. The van der Waals surface area contributed by atoms with E-state index in [1.807, 2.05) is 0 Å². The summed E-state index contributed by atoms with van der Waals surface area (Å²) in [6.07, 6.45) is 2.32. The first-order valence-corrected chi connectivity index (χ1v) is 5.93. The zero-order valence-electron chi connectivity index (χ0n) is 11.9. The van der Waals surface area contributed by atoms with E-state index < -0.39 is 24.4 Å². The maximum absolute atomic E-state index is 11.3. The van der Waals surface area contributed by atoms with Crippen LogP contribution in [-0.2, 0) is 9.39 Å². The highest BCUT2D eigenvalue weighted by Crippen LogP contribution is 2.25. The lowest BCUT2D eigenvalue weighted by atomic mass is 9.78. The van der Waals surface area contributed by atoms with E-state index >= 15 is 0 Å². The van der Waals surface area contributed by atoms with Crippen LogP contribution in [0.5, 0.6) is 0 Å². The molecule has 6 nitrogen and oxygen atoms in total. The Hall–Kier alpha value is -1.31. The number of carbonyl (C=O) groups excluding carboxylic acids is 1. The monoisotopic (exact) mass is 269 g/mol. The third kappa shape index (κ3) is 3.59. The molecule has 0 spiro atoms. The van der Waals surface area contributed by atoms with Gasteiger partial charge in [0.2, 0.25) is 0 Å². The summed E-state index contributed by atoms with van der Waals surface area (Å²) < 4.78 is 11.2. The van der Waals surface area contributed by atoms with Crippen LogP contribution in [0.25, 0.3) is 0 Å². The lowest BCUT2D eigenvalue weighted by Crippen LogP contribution is -2.53. The van der Waals surface area contributed by atoms with E-state index in [9.17, 15) is 14.9 Å². The molecule has 0 bridgehead atoms. The SMILES string of the molecule is COC(=O)n1ccc(B(O)OC(C)(C)C(C)(C)O)c1. The molecular weight excluding hydrogens is 249 g/mol. The summed E-state index contributed by atoms with van der Waals surface area (Å²) in [5, 5.41) is 19.9. The molecule has 0 aromatic carbocycles. The molecule has 7 heteroatoms. The summed E-state index contributed by atoms with van der Waals surface area (Å²) >= 11 is 0. The fourth-order valence-corrected chi connectivity index (χ4v) is 1.27. The van der Waals surface area contributed by atoms with Crippen molar-refractivity contribution in [3.63, 3.8) is 0 Å². The maximum Gasteiger partial charge on any atom is 0.493 e. The summed E-state index contributed by atoms with van der Waals surface area (Å²) in [5.41, 5.74) is -1.68. The highest BCUT2D eigenvalue weighted by Gasteiger charge is 2.39. The van der Waals surface area contributed by atoms with Crippen molar-refractivity contribution in [2.24, 2.45) is 0 Å². The van der Waals surface area contributed by atoms with Crippen LogP contribution < -0.4 is 5.46 Å². The second-order valence-electron chi connectivity index (χ2n) is 5.36. The molecule has 0 aliphatic heterocycles. The second-order valence-corrected chi connectivity index (χ2v) is 5.36. The third-order valence-electron chi connectivity index (χ3n) is 3.27. The normalized spacial score (nSPS) is 12.4. The smallest absolute Gasteiger partial charge is 0.452 e. The standard InChI is InChI=1S/C12H20BNO5/c1-11(2,16)12(3,4)19-13(17)9-6-7-14(8-9)10(15)18-5/h6-8,16-17H,1-5H3. The largest absolute Gasteiger partial charge is 0.493 e. The number of carbonyl (C=O) groups is 1. The Morgan fingerprint density at radius 2 is 1.95 bits per heavy atom. The van der Waals surface area contributed by atoms with E-state index in [-0.39, 0.29) is 0 Å². The predicted molar refractivity (Wildman–Crippen MR) is 71.3 cm³/mol. The van der Waals surface area contributed by atoms with Crippen LogP contribution in [0.2, 0.25) is 0 Å². The van der Waals surface area contributed by atoms with Crippen molar-refractivity contribution >= 4 is 18.7 Å². The summed E-state index contributed by atoms with van der Waals surface area (Å²) in [6, 6.07) is 1.54. The lowest BCUT2D eigenvalue weighted by Gasteiger charge is -2.38. The highest BCUT2D eigenvalue weighted by molar-refractivity contribution is 6.60. The number of rotatable bonds is 4. The van der Waals surface area contributed by atoms with Gasteiger partial charge in [-0.05, 0) is 33.8 Å². The Morgan fingerprint density at radius 3 is 2.42 bits per heavy atom. The Morgan fingerprint density at radius 1 is 1.37 bits per heavy atom. The van der Waals surface area contributed by atoms with Crippen LogP contribution in [0.1, 0.15) is 27.7 Å². The number of ether oxygens (including phenoxy) is 1. The van der Waals surface area contributed by atoms with Crippen LogP contribution in [0.15, 0.2) is 18.5 Å². The molecule has 0 amide bonds. The van der Waals surface area contributed by atoms with Crippen molar-refractivity contribution in [3.8, 4) is 0 Å². The minimum Gasteiger partial charge on any atom is -0.452 e. The third-order valence-corrected chi connectivity index (χ3v) is 3.27. The van der Waals surface area contributed by atoms with Gasteiger partial charge in [-0.2, -0.15) is 0 Å². The Bertz CT molecular complexity index is 449. The topological polar surface area (TPSA) is 80.9 Å². The molecule has 106 valence electrons. The zero-order chi connectivity index (χ0) is 14.8. The van der Waals surface area contributed by atoms with Gasteiger partial charge in [-0.1, -0.05) is 0 Å². The fourth-order valence-electron chi connectivity index (χ4n) is 1.27. The van der Waals surface area contributed by atoms with Crippen LogP contribution in [0, 0.1) is 0 Å². The first-order chi connectivity index (χ1) is 8.58. The Labute approximate surface area is 113 Å². The lowest BCUT2D eigenvalue weighted by molar-refractivity contribution is -0.0982. The number of hydrogen-bond donors (Lipinski definition) is 2. The first-order valence-electron chi connectivity index (χ1n) is 5.93. The van der Waals surface area contributed by atoms with Gasteiger partial charge in [-0.25, -0.2) is 4.79 Å². The summed E-state index contributed by atoms with van der Waals surface area (Å²) in [4.78, 5) is 11.3. The summed E-state index contributed by atoms with van der Waals surface area (Å²) in [7, 11) is 0.0270. The fraction of sp³-hybridized carbons (Fsp3) is 0.583. The first kappa shape index (κ1) is 15.8. The van der Waals surface area contributed by atoms with Gasteiger partial charge in [-0.15, -0.1) is 0 Å². The van der Waals surface area contributed by atoms with E-state index in [1.165, 1.54) is 24.1 Å². The van der Waals surface area contributed by atoms with Crippen molar-refractivity contribution in [3.05, 3.63) is 18.5 Å². The van der Waals surface area contributed by atoms with Gasteiger partial charge >= 0.3 is 13.2 Å². The molecule has 0 atom stereocenters. The average Bonchev–Trinajstić information content (AvgIpc) is 2.75. The summed E-state index contributed by atoms with van der Waals surface area (Å²) in [6.45, 7) is 6.54. The van der Waals surface area contributed by atoms with E-state index in [0.29, 0.717) is 5.46 Å². The molecule has 0 saturated heterocycles. The van der Waals surface area contributed by atoms with E-state index in [0.717, 1.165) is 0 Å². The van der Waals surface area contributed by atoms with Crippen LogP contribution in [-0.4, -0.2) is 46.2 Å². The van der Waals surface area contributed by atoms with Crippen molar-refractivity contribution in [1.29, 1.82) is 0 Å². The predicted octanol–water partition coefficient (Wildman–Crippen LogP) is 0.356. The van der Waals surface area contributed by atoms with Crippen molar-refractivity contribution in [2.75, 3.05) is 7.11 Å². The second kappa shape index (κ2) is 5.36. The van der Waals surface area contributed by atoms with Crippen LogP contribution in [0.3, 0.4) is 0 Å². The Balaban J connectivity index is 2.82. The quantitative estimate of drug-likeness (QED) is 0.771. The molecule has 19 heavy (non-hydrogen) atoms. The molecule has 1 rings (SSSR count). The molecule has 0 unspecified atom stereocenters. The van der Waals surface area contributed by atoms with Gasteiger partial charge in [-0.3, -0.25) is 4.57 Å². The minimum atomic E-state index is -1.24. The molecule has 2 N–H and O–H groups in total. The minimum absolute atomic E-state index is 0.405. The van der Waals surface area contributed by atoms with E-state index in [4.69, 9.17) is 4.65 Å². The number of aromatic nitrogens is 1. The van der Waals surface area contributed by atoms with Gasteiger partial charge < -0.3 is 19.5 Å². The van der Waals surface area contributed by atoms with Crippen molar-refractivity contribution < 1.29 is 24.3 Å². The molecule has 1 aromatic rings. The van der Waals surface area contributed by atoms with Crippen molar-refractivity contribution in [1.82, 2.24) is 4.57 Å². The Kier molecular flexibility index (Phi) is 4.44.